The molecule has 1 nitrogen and oxygen atoms in total. The molecule has 0 spiro atoms. The van der Waals surface area contributed by atoms with E-state index in [0.717, 1.165) is 15.5 Å². The fraction of sp³-hybridized carbons (Fsp3) is 0.200. The molecule has 0 heterocycles. The average Bonchev–Trinajstić information content (AvgIpc) is 2.36. The number of hydrogen-bond acceptors (Lipinski definition) is 1. The first kappa shape index (κ1) is 14.7. The lowest BCUT2D eigenvalue weighted by molar-refractivity contribution is 0.313. The molecule has 0 aliphatic heterocycles. The first-order valence-corrected chi connectivity index (χ1v) is 7.51. The van der Waals surface area contributed by atoms with Gasteiger partial charge in [-0.3, -0.25) is 4.90 Å². The van der Waals surface area contributed by atoms with E-state index in [1.165, 1.54) is 11.6 Å². The van der Waals surface area contributed by atoms with E-state index in [-0.39, 0.29) is 5.82 Å². The Bertz CT molecular complexity index is 572. The van der Waals surface area contributed by atoms with E-state index in [2.05, 4.69) is 42.8 Å². The molecule has 0 aliphatic carbocycles. The number of hydrogen-bond donors (Lipinski definition) is 0. The molecule has 0 N–H and O–H groups in total. The molecule has 0 aliphatic rings. The van der Waals surface area contributed by atoms with Crippen LogP contribution < -0.4 is 0 Å². The lowest BCUT2D eigenvalue weighted by Gasteiger charge is -2.18. The van der Waals surface area contributed by atoms with E-state index in [1.54, 1.807) is 0 Å². The maximum absolute atomic E-state index is 13.8. The van der Waals surface area contributed by atoms with Crippen molar-refractivity contribution in [2.24, 2.45) is 0 Å². The van der Waals surface area contributed by atoms with Crippen molar-refractivity contribution in [1.29, 1.82) is 0 Å². The number of nitrogens with zero attached hydrogens (tertiary/aromatic N) is 1. The van der Waals surface area contributed by atoms with Crippen molar-refractivity contribution in [3.05, 3.63) is 68.4 Å². The zero-order valence-corrected chi connectivity index (χ0v) is 13.7. The lowest BCUT2D eigenvalue weighted by Crippen LogP contribution is -2.18. The summed E-state index contributed by atoms with van der Waals surface area (Å²) in [4.78, 5) is 2.09. The molecule has 2 rings (SSSR count). The minimum Gasteiger partial charge on any atom is -0.298 e. The summed E-state index contributed by atoms with van der Waals surface area (Å²) in [6.45, 7) is 1.36. The van der Waals surface area contributed by atoms with Crippen LogP contribution in [-0.2, 0) is 13.1 Å². The average molecular weight is 387 g/mol. The van der Waals surface area contributed by atoms with Gasteiger partial charge in [-0.15, -0.1) is 0 Å². The smallest absolute Gasteiger partial charge is 0.128 e. The fourth-order valence-corrected chi connectivity index (χ4v) is 2.66. The molecule has 19 heavy (non-hydrogen) atoms. The van der Waals surface area contributed by atoms with Gasteiger partial charge in [-0.05, 0) is 30.8 Å². The summed E-state index contributed by atoms with van der Waals surface area (Å²) in [5, 5.41) is 0. The largest absolute Gasteiger partial charge is 0.298 e. The lowest BCUT2D eigenvalue weighted by atomic mass is 10.1. The maximum atomic E-state index is 13.8. The van der Waals surface area contributed by atoms with Crippen LogP contribution in [0.4, 0.5) is 4.39 Å². The third kappa shape index (κ3) is 4.13. The van der Waals surface area contributed by atoms with E-state index in [0.29, 0.717) is 12.1 Å². The monoisotopic (exact) mass is 385 g/mol. The summed E-state index contributed by atoms with van der Waals surface area (Å²) >= 11 is 6.79. The Morgan fingerprint density at radius 3 is 2.37 bits per heavy atom. The van der Waals surface area contributed by atoms with Crippen molar-refractivity contribution >= 4 is 31.9 Å². The van der Waals surface area contributed by atoms with E-state index >= 15 is 0 Å². The van der Waals surface area contributed by atoms with Gasteiger partial charge in [-0.1, -0.05) is 56.1 Å². The number of rotatable bonds is 4. The maximum Gasteiger partial charge on any atom is 0.128 e. The third-order valence-corrected chi connectivity index (χ3v) is 4.12. The predicted octanol–water partition coefficient (Wildman–Crippen LogP) is 4.98. The molecule has 0 fully saturated rings. The molecule has 100 valence electrons. The highest BCUT2D eigenvalue weighted by molar-refractivity contribution is 9.10. The minimum absolute atomic E-state index is 0.173. The second-order valence-electron chi connectivity index (χ2n) is 4.50. The summed E-state index contributed by atoms with van der Waals surface area (Å²) in [6, 6.07) is 13.3. The molecule has 0 atom stereocenters. The van der Waals surface area contributed by atoms with Crippen molar-refractivity contribution in [1.82, 2.24) is 4.90 Å². The van der Waals surface area contributed by atoms with Crippen LogP contribution >= 0.6 is 31.9 Å². The van der Waals surface area contributed by atoms with Crippen LogP contribution in [0.3, 0.4) is 0 Å². The first-order chi connectivity index (χ1) is 9.06. The van der Waals surface area contributed by atoms with Gasteiger partial charge in [0.2, 0.25) is 0 Å². The minimum atomic E-state index is -0.173. The topological polar surface area (TPSA) is 3.24 Å². The normalized spacial score (nSPS) is 11.0. The van der Waals surface area contributed by atoms with Gasteiger partial charge < -0.3 is 0 Å². The van der Waals surface area contributed by atoms with Crippen molar-refractivity contribution in [3.63, 3.8) is 0 Å². The van der Waals surface area contributed by atoms with Gasteiger partial charge >= 0.3 is 0 Å². The molecule has 0 radical (unpaired) electrons. The standard InChI is InChI=1S/C15H14Br2FN/c1-19(9-11-4-2-3-5-14(11)17)10-12-6-7-13(16)8-15(12)18/h2-8H,9-10H2,1H3. The highest BCUT2D eigenvalue weighted by Crippen LogP contribution is 2.20. The van der Waals surface area contributed by atoms with Crippen molar-refractivity contribution in [2.75, 3.05) is 7.05 Å². The van der Waals surface area contributed by atoms with Crippen LogP contribution in [0.15, 0.2) is 51.4 Å². The predicted molar refractivity (Wildman–Crippen MR) is 83.4 cm³/mol. The first-order valence-electron chi connectivity index (χ1n) is 5.92. The van der Waals surface area contributed by atoms with Gasteiger partial charge in [0.25, 0.3) is 0 Å². The van der Waals surface area contributed by atoms with Crippen LogP contribution in [0, 0.1) is 5.82 Å². The quantitative estimate of drug-likeness (QED) is 0.715. The highest BCUT2D eigenvalue weighted by Gasteiger charge is 2.08. The molecule has 0 saturated heterocycles. The molecule has 2 aromatic rings. The van der Waals surface area contributed by atoms with Gasteiger partial charge in [0.15, 0.2) is 0 Å². The summed E-state index contributed by atoms with van der Waals surface area (Å²) in [7, 11) is 1.99. The van der Waals surface area contributed by atoms with Gasteiger partial charge in [-0.25, -0.2) is 4.39 Å². The molecule has 0 amide bonds. The molecular weight excluding hydrogens is 373 g/mol. The third-order valence-electron chi connectivity index (χ3n) is 2.85. The summed E-state index contributed by atoms with van der Waals surface area (Å²) in [5.74, 6) is -0.173. The number of halogens is 3. The zero-order valence-electron chi connectivity index (χ0n) is 10.5. The van der Waals surface area contributed by atoms with E-state index in [1.807, 2.05) is 37.4 Å². The van der Waals surface area contributed by atoms with E-state index < -0.39 is 0 Å². The molecule has 2 aromatic carbocycles. The fourth-order valence-electron chi connectivity index (χ4n) is 1.91. The van der Waals surface area contributed by atoms with E-state index in [4.69, 9.17) is 0 Å². The van der Waals surface area contributed by atoms with Gasteiger partial charge in [0.1, 0.15) is 5.82 Å². The van der Waals surface area contributed by atoms with Gasteiger partial charge in [0, 0.05) is 27.6 Å². The molecular formula is C15H14Br2FN. The van der Waals surface area contributed by atoms with Gasteiger partial charge in [0.05, 0.1) is 0 Å². The Hall–Kier alpha value is -0.710. The SMILES string of the molecule is CN(Cc1ccc(Br)cc1F)Cc1ccccc1Br. The highest BCUT2D eigenvalue weighted by atomic mass is 79.9. The van der Waals surface area contributed by atoms with Crippen molar-refractivity contribution in [3.8, 4) is 0 Å². The Morgan fingerprint density at radius 1 is 1.00 bits per heavy atom. The molecule has 0 bridgehead atoms. The summed E-state index contributed by atoms with van der Waals surface area (Å²) in [5.41, 5.74) is 1.90. The van der Waals surface area contributed by atoms with Crippen LogP contribution in [-0.4, -0.2) is 11.9 Å². The molecule has 0 aromatic heterocycles. The molecule has 0 saturated carbocycles. The second kappa shape index (κ2) is 6.64. The van der Waals surface area contributed by atoms with Crippen LogP contribution in [0.25, 0.3) is 0 Å². The summed E-state index contributed by atoms with van der Waals surface area (Å²) < 4.78 is 15.6. The van der Waals surface area contributed by atoms with Crippen molar-refractivity contribution in [2.45, 2.75) is 13.1 Å². The second-order valence-corrected chi connectivity index (χ2v) is 6.27. The van der Waals surface area contributed by atoms with Crippen LogP contribution in [0.1, 0.15) is 11.1 Å². The Kier molecular flexibility index (Phi) is 5.13. The number of benzene rings is 2. The van der Waals surface area contributed by atoms with Crippen molar-refractivity contribution < 1.29 is 4.39 Å². The molecule has 4 heteroatoms. The van der Waals surface area contributed by atoms with Gasteiger partial charge in [-0.2, -0.15) is 0 Å². The van der Waals surface area contributed by atoms with Crippen LogP contribution in [0.5, 0.6) is 0 Å². The Labute approximate surface area is 129 Å². The van der Waals surface area contributed by atoms with E-state index in [9.17, 15) is 4.39 Å². The molecule has 0 unspecified atom stereocenters. The zero-order chi connectivity index (χ0) is 13.8. The summed E-state index contributed by atoms with van der Waals surface area (Å²) in [6.07, 6.45) is 0. The Balaban J connectivity index is 2.05. The Morgan fingerprint density at radius 2 is 1.68 bits per heavy atom. The van der Waals surface area contributed by atoms with Crippen LogP contribution in [0.2, 0.25) is 0 Å².